The largest absolute Gasteiger partial charge is 0.496 e. The summed E-state index contributed by atoms with van der Waals surface area (Å²) in [5.41, 5.74) is 3.00. The van der Waals surface area contributed by atoms with Gasteiger partial charge in [-0.25, -0.2) is 0 Å². The van der Waals surface area contributed by atoms with Crippen molar-refractivity contribution in [1.82, 2.24) is 5.32 Å². The van der Waals surface area contributed by atoms with Gasteiger partial charge in [0.1, 0.15) is 5.75 Å². The van der Waals surface area contributed by atoms with Crippen molar-refractivity contribution in [3.8, 4) is 5.75 Å². The highest BCUT2D eigenvalue weighted by atomic mass is 16.5. The summed E-state index contributed by atoms with van der Waals surface area (Å²) in [4.78, 5) is 12.2. The Bertz CT molecular complexity index is 546. The molecule has 0 fully saturated rings. The molecule has 3 nitrogen and oxygen atoms in total. The first-order valence-electron chi connectivity index (χ1n) is 7.48. The van der Waals surface area contributed by atoms with E-state index in [1.807, 2.05) is 18.2 Å². The van der Waals surface area contributed by atoms with E-state index < -0.39 is 0 Å². The van der Waals surface area contributed by atoms with Gasteiger partial charge < -0.3 is 10.1 Å². The van der Waals surface area contributed by atoms with E-state index >= 15 is 0 Å². The van der Waals surface area contributed by atoms with Crippen molar-refractivity contribution in [2.24, 2.45) is 0 Å². The molecule has 1 aliphatic rings. The van der Waals surface area contributed by atoms with Gasteiger partial charge in [0.05, 0.1) is 7.11 Å². The van der Waals surface area contributed by atoms with Gasteiger partial charge in [-0.15, -0.1) is 6.58 Å². The smallest absolute Gasteiger partial charge is 0.251 e. The SMILES string of the molecule is C=CCc1cc(C(=O)NCC2=CCCCC2)ccc1OC. The first-order valence-corrected chi connectivity index (χ1v) is 7.48. The molecular weight excluding hydrogens is 262 g/mol. The summed E-state index contributed by atoms with van der Waals surface area (Å²) < 4.78 is 5.30. The highest BCUT2D eigenvalue weighted by Crippen LogP contribution is 2.21. The van der Waals surface area contributed by atoms with E-state index in [1.165, 1.54) is 18.4 Å². The fourth-order valence-corrected chi connectivity index (χ4v) is 2.60. The zero-order valence-electron chi connectivity index (χ0n) is 12.7. The Morgan fingerprint density at radius 2 is 2.29 bits per heavy atom. The molecule has 112 valence electrons. The van der Waals surface area contributed by atoms with Crippen LogP contribution in [0, 0.1) is 0 Å². The van der Waals surface area contributed by atoms with Crippen molar-refractivity contribution in [3.63, 3.8) is 0 Å². The van der Waals surface area contributed by atoms with Crippen molar-refractivity contribution >= 4 is 5.91 Å². The Hall–Kier alpha value is -2.03. The third kappa shape index (κ3) is 4.22. The molecule has 0 atom stereocenters. The van der Waals surface area contributed by atoms with Crippen LogP contribution in [0.5, 0.6) is 5.75 Å². The summed E-state index contributed by atoms with van der Waals surface area (Å²) in [6.45, 7) is 4.39. The number of carbonyl (C=O) groups is 1. The number of hydrogen-bond acceptors (Lipinski definition) is 2. The number of hydrogen-bond donors (Lipinski definition) is 1. The Kier molecular flexibility index (Phi) is 5.61. The monoisotopic (exact) mass is 285 g/mol. The van der Waals surface area contributed by atoms with E-state index in [0.29, 0.717) is 18.5 Å². The molecule has 3 heteroatoms. The predicted molar refractivity (Wildman–Crippen MR) is 85.8 cm³/mol. The molecule has 0 bridgehead atoms. The molecule has 1 aromatic carbocycles. The van der Waals surface area contributed by atoms with Crippen LogP contribution in [-0.2, 0) is 6.42 Å². The summed E-state index contributed by atoms with van der Waals surface area (Å²) >= 11 is 0. The van der Waals surface area contributed by atoms with E-state index in [1.54, 1.807) is 13.2 Å². The summed E-state index contributed by atoms with van der Waals surface area (Å²) in [6.07, 6.45) is 9.49. The van der Waals surface area contributed by atoms with Gasteiger partial charge in [0.15, 0.2) is 0 Å². The number of carbonyl (C=O) groups excluding carboxylic acids is 1. The quantitative estimate of drug-likeness (QED) is 0.810. The molecule has 21 heavy (non-hydrogen) atoms. The van der Waals surface area contributed by atoms with Crippen molar-refractivity contribution in [2.45, 2.75) is 32.1 Å². The second kappa shape index (κ2) is 7.67. The van der Waals surface area contributed by atoms with Crippen molar-refractivity contribution in [1.29, 1.82) is 0 Å². The number of benzene rings is 1. The predicted octanol–water partition coefficient (Wildman–Crippen LogP) is 3.65. The molecule has 0 heterocycles. The third-order valence-electron chi connectivity index (χ3n) is 3.77. The standard InChI is InChI=1S/C18H23NO2/c1-3-7-15-12-16(10-11-17(15)21-2)18(20)19-13-14-8-5-4-6-9-14/h3,8,10-12H,1,4-7,9,13H2,2H3,(H,19,20). The normalized spacial score (nSPS) is 14.2. The second-order valence-corrected chi connectivity index (χ2v) is 5.31. The van der Waals surface area contributed by atoms with Crippen LogP contribution in [0.1, 0.15) is 41.6 Å². The fourth-order valence-electron chi connectivity index (χ4n) is 2.60. The minimum Gasteiger partial charge on any atom is -0.496 e. The van der Waals surface area contributed by atoms with Gasteiger partial charge in [0.2, 0.25) is 0 Å². The van der Waals surface area contributed by atoms with Crippen LogP contribution in [0.15, 0.2) is 42.5 Å². The third-order valence-corrected chi connectivity index (χ3v) is 3.77. The average molecular weight is 285 g/mol. The van der Waals surface area contributed by atoms with Crippen LogP contribution in [-0.4, -0.2) is 19.6 Å². The minimum atomic E-state index is -0.0329. The molecule has 1 amide bonds. The van der Waals surface area contributed by atoms with E-state index in [-0.39, 0.29) is 5.91 Å². The highest BCUT2D eigenvalue weighted by molar-refractivity contribution is 5.94. The highest BCUT2D eigenvalue weighted by Gasteiger charge is 2.10. The van der Waals surface area contributed by atoms with Crippen LogP contribution in [0.25, 0.3) is 0 Å². The van der Waals surface area contributed by atoms with Gasteiger partial charge in [0, 0.05) is 12.1 Å². The summed E-state index contributed by atoms with van der Waals surface area (Å²) in [6, 6.07) is 5.52. The lowest BCUT2D eigenvalue weighted by Crippen LogP contribution is -2.26. The molecular formula is C18H23NO2. The van der Waals surface area contributed by atoms with Crippen LogP contribution in [0.4, 0.5) is 0 Å². The first kappa shape index (κ1) is 15.4. The maximum Gasteiger partial charge on any atom is 0.251 e. The maximum atomic E-state index is 12.2. The number of nitrogens with one attached hydrogen (secondary N) is 1. The van der Waals surface area contributed by atoms with Gasteiger partial charge >= 0.3 is 0 Å². The van der Waals surface area contributed by atoms with Gasteiger partial charge in [-0.2, -0.15) is 0 Å². The van der Waals surface area contributed by atoms with Crippen LogP contribution in [0.2, 0.25) is 0 Å². The molecule has 0 spiro atoms. The van der Waals surface area contributed by atoms with E-state index in [2.05, 4.69) is 18.0 Å². The topological polar surface area (TPSA) is 38.3 Å². The molecule has 1 N–H and O–H groups in total. The number of amides is 1. The zero-order valence-corrected chi connectivity index (χ0v) is 12.7. The molecule has 2 rings (SSSR count). The van der Waals surface area contributed by atoms with E-state index in [9.17, 15) is 4.79 Å². The average Bonchev–Trinajstić information content (AvgIpc) is 2.54. The molecule has 1 aromatic rings. The maximum absolute atomic E-state index is 12.2. The van der Waals surface area contributed by atoms with Crippen LogP contribution < -0.4 is 10.1 Å². The van der Waals surface area contributed by atoms with Crippen LogP contribution in [0.3, 0.4) is 0 Å². The minimum absolute atomic E-state index is 0.0329. The fraction of sp³-hybridized carbons (Fsp3) is 0.389. The molecule has 0 radical (unpaired) electrons. The number of methoxy groups -OCH3 is 1. The number of allylic oxidation sites excluding steroid dienone is 2. The zero-order chi connectivity index (χ0) is 15.1. The number of ether oxygens (including phenoxy) is 1. The molecule has 1 aliphatic carbocycles. The summed E-state index contributed by atoms with van der Waals surface area (Å²) in [7, 11) is 1.64. The lowest BCUT2D eigenvalue weighted by atomic mass is 9.99. The summed E-state index contributed by atoms with van der Waals surface area (Å²) in [5, 5.41) is 3.00. The molecule has 0 aliphatic heterocycles. The Morgan fingerprint density at radius 3 is 2.95 bits per heavy atom. The van der Waals surface area contributed by atoms with Crippen molar-refractivity contribution in [3.05, 3.63) is 53.6 Å². The van der Waals surface area contributed by atoms with Gasteiger partial charge in [-0.3, -0.25) is 4.79 Å². The molecule has 0 unspecified atom stereocenters. The van der Waals surface area contributed by atoms with Gasteiger partial charge in [-0.05, 0) is 55.9 Å². The lowest BCUT2D eigenvalue weighted by Gasteiger charge is -2.14. The van der Waals surface area contributed by atoms with Crippen molar-refractivity contribution < 1.29 is 9.53 Å². The van der Waals surface area contributed by atoms with E-state index in [0.717, 1.165) is 24.2 Å². The number of rotatable bonds is 6. The summed E-state index contributed by atoms with van der Waals surface area (Å²) in [5.74, 6) is 0.760. The van der Waals surface area contributed by atoms with Crippen LogP contribution >= 0.6 is 0 Å². The van der Waals surface area contributed by atoms with Gasteiger partial charge in [0.25, 0.3) is 5.91 Å². The molecule has 0 saturated carbocycles. The second-order valence-electron chi connectivity index (χ2n) is 5.31. The van der Waals surface area contributed by atoms with Gasteiger partial charge in [-0.1, -0.05) is 17.7 Å². The van der Waals surface area contributed by atoms with Crippen molar-refractivity contribution in [2.75, 3.05) is 13.7 Å². The Labute approximate surface area is 126 Å². The lowest BCUT2D eigenvalue weighted by molar-refractivity contribution is 0.0956. The molecule has 0 aromatic heterocycles. The molecule has 0 saturated heterocycles. The first-order chi connectivity index (χ1) is 10.2. The van der Waals surface area contributed by atoms with E-state index in [4.69, 9.17) is 4.74 Å². The Morgan fingerprint density at radius 1 is 1.43 bits per heavy atom. The Balaban J connectivity index is 2.02.